The molecule has 11 heteroatoms. The summed E-state index contributed by atoms with van der Waals surface area (Å²) < 4.78 is 6.29. The van der Waals surface area contributed by atoms with Crippen LogP contribution in [0.1, 0.15) is 60.3 Å². The van der Waals surface area contributed by atoms with Gasteiger partial charge in [-0.15, -0.1) is 0 Å². The van der Waals surface area contributed by atoms with Gasteiger partial charge < -0.3 is 24.1 Å². The molecule has 2 aromatic heterocycles. The number of oxazole rings is 1. The fourth-order valence-electron chi connectivity index (χ4n) is 7.71. The minimum absolute atomic E-state index is 0.00392. The maximum Gasteiger partial charge on any atom is 0.245 e. The average molecular weight is 702 g/mol. The van der Waals surface area contributed by atoms with Crippen LogP contribution < -0.4 is 0 Å². The van der Waals surface area contributed by atoms with Crippen molar-refractivity contribution in [3.8, 4) is 22.8 Å². The van der Waals surface area contributed by atoms with Crippen molar-refractivity contribution < 1.29 is 18.8 Å². The molecular formula is C41H47N7O4. The molecule has 0 unspecified atom stereocenters. The number of amides is 2. The van der Waals surface area contributed by atoms with Crippen molar-refractivity contribution >= 4 is 28.6 Å². The molecule has 2 fully saturated rings. The van der Waals surface area contributed by atoms with Gasteiger partial charge in [-0.1, -0.05) is 36.4 Å². The summed E-state index contributed by atoms with van der Waals surface area (Å²) in [6, 6.07) is 20.9. The Morgan fingerprint density at radius 3 is 2.44 bits per heavy atom. The first-order chi connectivity index (χ1) is 25.1. The van der Waals surface area contributed by atoms with E-state index in [-0.39, 0.29) is 42.1 Å². The molecule has 5 aromatic rings. The summed E-state index contributed by atoms with van der Waals surface area (Å²) in [5.74, 6) is 1.99. The van der Waals surface area contributed by atoms with E-state index in [2.05, 4.69) is 9.97 Å². The van der Waals surface area contributed by atoms with Crippen molar-refractivity contribution in [3.63, 3.8) is 0 Å². The molecule has 0 saturated carbocycles. The quantitative estimate of drug-likeness (QED) is 0.183. The summed E-state index contributed by atoms with van der Waals surface area (Å²) in [6.45, 7) is 3.60. The number of H-pyrrole nitrogens is 1. The minimum Gasteiger partial charge on any atom is -0.436 e. The topological polar surface area (TPSA) is 119 Å². The molecule has 2 amide bonds. The van der Waals surface area contributed by atoms with Crippen LogP contribution in [0.15, 0.2) is 77.3 Å². The number of imidazole rings is 1. The van der Waals surface area contributed by atoms with Gasteiger partial charge in [-0.05, 0) is 108 Å². The van der Waals surface area contributed by atoms with Crippen LogP contribution in [0, 0.1) is 6.92 Å². The Balaban J connectivity index is 1.08. The second-order valence-electron chi connectivity index (χ2n) is 14.6. The monoisotopic (exact) mass is 701 g/mol. The summed E-state index contributed by atoms with van der Waals surface area (Å²) in [5, 5.41) is 0. The van der Waals surface area contributed by atoms with E-state index in [1.54, 1.807) is 11.1 Å². The number of ketones is 1. The SMILES string of the molecule is Cc1ccc(-c2ncc(-c3ccc4nc([C@@H]5CCCN5C(=O)[C@@H](c5ccccc5)N(C)C)[nH]c4c3)o2)cc1CC(=O)[C@@H]1CCCN1C(=O)CN(C)C. The predicted octanol–water partition coefficient (Wildman–Crippen LogP) is 5.82. The molecule has 11 nitrogen and oxygen atoms in total. The molecule has 3 atom stereocenters. The second-order valence-corrected chi connectivity index (χ2v) is 14.6. The Hall–Kier alpha value is -5.13. The standard InChI is InChI=1S/C41H47N7O4/c1-26-15-16-29(21-30(26)23-35(49)33-13-9-19-47(33)37(50)25-45(2)3)40-42-24-36(52-40)28-17-18-31-32(22-28)44-39(43-31)34-14-10-20-48(34)41(51)38(46(4)5)27-11-7-6-8-12-27/h6-8,11-12,15-18,21-22,24,33-34,38H,9-10,13-14,19-20,23,25H2,1-5H3,(H,43,44)/t33-,34-,38+/m0/s1. The Bertz CT molecular complexity index is 2080. The second kappa shape index (κ2) is 14.8. The molecule has 1 N–H and O–H groups in total. The van der Waals surface area contributed by atoms with Crippen LogP contribution in [0.2, 0.25) is 0 Å². The van der Waals surface area contributed by atoms with Crippen molar-refractivity contribution in [2.45, 2.75) is 57.2 Å². The number of carbonyl (C=O) groups is 3. The molecule has 0 radical (unpaired) electrons. The highest BCUT2D eigenvalue weighted by molar-refractivity contribution is 5.92. The van der Waals surface area contributed by atoms with E-state index in [1.165, 1.54) is 0 Å². The van der Waals surface area contributed by atoms with Crippen LogP contribution in [0.4, 0.5) is 0 Å². The van der Waals surface area contributed by atoms with Crippen molar-refractivity contribution in [2.24, 2.45) is 0 Å². The first-order valence-electron chi connectivity index (χ1n) is 18.1. The number of likely N-dealkylation sites (N-methyl/N-ethyl adjacent to an activating group) is 2. The molecule has 7 rings (SSSR count). The van der Waals surface area contributed by atoms with Gasteiger partial charge in [0.15, 0.2) is 11.5 Å². The van der Waals surface area contributed by atoms with E-state index in [0.29, 0.717) is 37.7 Å². The summed E-state index contributed by atoms with van der Waals surface area (Å²) in [6.07, 6.45) is 5.26. The van der Waals surface area contributed by atoms with E-state index in [4.69, 9.17) is 9.40 Å². The molecule has 2 aliphatic rings. The lowest BCUT2D eigenvalue weighted by Crippen LogP contribution is -2.44. The highest BCUT2D eigenvalue weighted by Gasteiger charge is 2.37. The van der Waals surface area contributed by atoms with Gasteiger partial charge in [0.2, 0.25) is 17.7 Å². The predicted molar refractivity (Wildman–Crippen MR) is 200 cm³/mol. The number of aromatic nitrogens is 3. The summed E-state index contributed by atoms with van der Waals surface area (Å²) in [5.41, 5.74) is 6.20. The number of fused-ring (bicyclic) bond motifs is 1. The lowest BCUT2D eigenvalue weighted by molar-refractivity contribution is -0.138. The van der Waals surface area contributed by atoms with Crippen molar-refractivity contribution in [1.82, 2.24) is 34.6 Å². The lowest BCUT2D eigenvalue weighted by atomic mass is 9.96. The van der Waals surface area contributed by atoms with Crippen molar-refractivity contribution in [1.29, 1.82) is 0 Å². The number of rotatable bonds is 11. The number of likely N-dealkylation sites (tertiary alicyclic amines) is 2. The van der Waals surface area contributed by atoms with E-state index >= 15 is 0 Å². The molecule has 2 saturated heterocycles. The number of aryl methyl sites for hydroxylation is 1. The fraction of sp³-hybridized carbons (Fsp3) is 0.390. The van der Waals surface area contributed by atoms with Gasteiger partial charge in [0.1, 0.15) is 11.9 Å². The third-order valence-electron chi connectivity index (χ3n) is 10.4. The number of Topliss-reactive ketones (excluding diaryl/α,β-unsaturated/α-hetero) is 1. The molecule has 4 heterocycles. The normalized spacial score (nSPS) is 18.2. The Labute approximate surface area is 304 Å². The van der Waals surface area contributed by atoms with E-state index in [1.807, 2.05) is 117 Å². The average Bonchev–Trinajstić information content (AvgIpc) is 3.95. The van der Waals surface area contributed by atoms with Crippen LogP contribution in [0.25, 0.3) is 33.8 Å². The fourth-order valence-corrected chi connectivity index (χ4v) is 7.71. The zero-order chi connectivity index (χ0) is 36.5. The zero-order valence-corrected chi connectivity index (χ0v) is 30.6. The van der Waals surface area contributed by atoms with Crippen LogP contribution in [-0.4, -0.2) is 106 Å². The molecule has 52 heavy (non-hydrogen) atoms. The molecule has 0 spiro atoms. The first-order valence-corrected chi connectivity index (χ1v) is 18.1. The molecule has 0 bridgehead atoms. The molecule has 0 aliphatic carbocycles. The first kappa shape index (κ1) is 35.3. The molecule has 3 aromatic carbocycles. The third kappa shape index (κ3) is 7.15. The van der Waals surface area contributed by atoms with Crippen molar-refractivity contribution in [3.05, 3.63) is 95.4 Å². The van der Waals surface area contributed by atoms with Gasteiger partial charge in [0.25, 0.3) is 0 Å². The van der Waals surface area contributed by atoms with E-state index in [0.717, 1.165) is 63.9 Å². The number of benzene rings is 3. The Kier molecular flexibility index (Phi) is 10.1. The lowest BCUT2D eigenvalue weighted by Gasteiger charge is -2.31. The van der Waals surface area contributed by atoms with Gasteiger partial charge >= 0.3 is 0 Å². The van der Waals surface area contributed by atoms with E-state index in [9.17, 15) is 14.4 Å². The number of carbonyl (C=O) groups excluding carboxylic acids is 3. The van der Waals surface area contributed by atoms with Crippen LogP contribution in [0.3, 0.4) is 0 Å². The summed E-state index contributed by atoms with van der Waals surface area (Å²) in [4.78, 5) is 60.8. The number of nitrogens with zero attached hydrogens (tertiary/aromatic N) is 6. The summed E-state index contributed by atoms with van der Waals surface area (Å²) in [7, 11) is 7.61. The third-order valence-corrected chi connectivity index (χ3v) is 10.4. The maximum absolute atomic E-state index is 14.0. The minimum atomic E-state index is -0.386. The largest absolute Gasteiger partial charge is 0.436 e. The highest BCUT2D eigenvalue weighted by Crippen LogP contribution is 2.36. The molecule has 2 aliphatic heterocycles. The Morgan fingerprint density at radius 1 is 0.923 bits per heavy atom. The highest BCUT2D eigenvalue weighted by atomic mass is 16.4. The van der Waals surface area contributed by atoms with Crippen molar-refractivity contribution in [2.75, 3.05) is 47.8 Å². The van der Waals surface area contributed by atoms with Crippen LogP contribution in [0.5, 0.6) is 0 Å². The van der Waals surface area contributed by atoms with Gasteiger partial charge in [0.05, 0.1) is 35.9 Å². The zero-order valence-electron chi connectivity index (χ0n) is 30.6. The number of nitrogens with one attached hydrogen (secondary N) is 1. The van der Waals surface area contributed by atoms with Crippen LogP contribution >= 0.6 is 0 Å². The molecule has 270 valence electrons. The van der Waals surface area contributed by atoms with Gasteiger partial charge in [-0.2, -0.15) is 0 Å². The number of hydrogen-bond donors (Lipinski definition) is 1. The van der Waals surface area contributed by atoms with Gasteiger partial charge in [0, 0.05) is 30.6 Å². The molecular weight excluding hydrogens is 654 g/mol. The Morgan fingerprint density at radius 2 is 1.67 bits per heavy atom. The summed E-state index contributed by atoms with van der Waals surface area (Å²) >= 11 is 0. The maximum atomic E-state index is 14.0. The van der Waals surface area contributed by atoms with E-state index < -0.39 is 0 Å². The number of aromatic amines is 1. The van der Waals surface area contributed by atoms with Gasteiger partial charge in [-0.25, -0.2) is 9.97 Å². The smallest absolute Gasteiger partial charge is 0.245 e. The van der Waals surface area contributed by atoms with Gasteiger partial charge in [-0.3, -0.25) is 19.3 Å². The number of hydrogen-bond acceptors (Lipinski definition) is 8. The van der Waals surface area contributed by atoms with Crippen LogP contribution in [-0.2, 0) is 20.8 Å².